The number of fused-ring (bicyclic) bond motifs is 1. The smallest absolute Gasteiger partial charge is 0.267 e. The molecule has 0 saturated carbocycles. The van der Waals surface area contributed by atoms with Crippen molar-refractivity contribution in [2.45, 2.75) is 39.7 Å². The Morgan fingerprint density at radius 2 is 1.59 bits per heavy atom. The van der Waals surface area contributed by atoms with E-state index in [0.29, 0.717) is 22.9 Å². The van der Waals surface area contributed by atoms with E-state index in [9.17, 15) is 14.4 Å². The molecule has 1 aromatic heterocycles. The van der Waals surface area contributed by atoms with Gasteiger partial charge in [-0.05, 0) is 31.0 Å². The van der Waals surface area contributed by atoms with Crippen LogP contribution in [0.15, 0.2) is 53.3 Å². The van der Waals surface area contributed by atoms with Crippen molar-refractivity contribution in [3.05, 3.63) is 75.7 Å². The van der Waals surface area contributed by atoms with Crippen molar-refractivity contribution in [2.75, 3.05) is 0 Å². The first-order valence-corrected chi connectivity index (χ1v) is 9.69. The summed E-state index contributed by atoms with van der Waals surface area (Å²) in [5, 5.41) is 5.16. The van der Waals surface area contributed by atoms with E-state index in [0.717, 1.165) is 24.8 Å². The van der Waals surface area contributed by atoms with Crippen LogP contribution in [0.1, 0.15) is 52.6 Å². The number of aromatic nitrogens is 2. The van der Waals surface area contributed by atoms with Crippen LogP contribution in [0.2, 0.25) is 0 Å². The van der Waals surface area contributed by atoms with Gasteiger partial charge in [-0.15, -0.1) is 0 Å². The van der Waals surface area contributed by atoms with Gasteiger partial charge in [-0.1, -0.05) is 56.2 Å². The van der Waals surface area contributed by atoms with Crippen molar-refractivity contribution in [2.24, 2.45) is 0 Å². The summed E-state index contributed by atoms with van der Waals surface area (Å²) >= 11 is 0. The molecule has 2 aromatic carbocycles. The van der Waals surface area contributed by atoms with Gasteiger partial charge in [-0.3, -0.25) is 25.2 Å². The van der Waals surface area contributed by atoms with Crippen molar-refractivity contribution >= 4 is 22.6 Å². The molecule has 0 atom stereocenters. The van der Waals surface area contributed by atoms with Gasteiger partial charge in [-0.2, -0.15) is 5.10 Å². The number of hydrogen-bond donors (Lipinski definition) is 2. The van der Waals surface area contributed by atoms with Crippen LogP contribution in [0, 0.1) is 6.92 Å². The maximum absolute atomic E-state index is 12.8. The molecule has 7 nitrogen and oxygen atoms in total. The van der Waals surface area contributed by atoms with Crippen LogP contribution in [0.3, 0.4) is 0 Å². The molecule has 0 aliphatic carbocycles. The van der Waals surface area contributed by atoms with Gasteiger partial charge in [0, 0.05) is 17.5 Å². The molecule has 29 heavy (non-hydrogen) atoms. The molecule has 0 fully saturated rings. The number of rotatable bonds is 6. The van der Waals surface area contributed by atoms with Crippen molar-refractivity contribution in [1.29, 1.82) is 0 Å². The van der Waals surface area contributed by atoms with Crippen LogP contribution < -0.4 is 16.4 Å². The summed E-state index contributed by atoms with van der Waals surface area (Å²) in [6, 6.07) is 13.9. The summed E-state index contributed by atoms with van der Waals surface area (Å²) in [6.45, 7) is 4.33. The first-order chi connectivity index (χ1) is 14.0. The number of hydrogen-bond acceptors (Lipinski definition) is 4. The average Bonchev–Trinajstić information content (AvgIpc) is 2.74. The molecule has 0 aliphatic heterocycles. The van der Waals surface area contributed by atoms with Crippen LogP contribution in [-0.2, 0) is 6.54 Å². The molecule has 0 spiro atoms. The van der Waals surface area contributed by atoms with E-state index >= 15 is 0 Å². The lowest BCUT2D eigenvalue weighted by Gasteiger charge is -2.12. The number of carbonyl (C=O) groups excluding carboxylic acids is 2. The summed E-state index contributed by atoms with van der Waals surface area (Å²) in [6.07, 6.45) is 2.78. The van der Waals surface area contributed by atoms with Crippen molar-refractivity contribution in [1.82, 2.24) is 20.6 Å². The van der Waals surface area contributed by atoms with Crippen molar-refractivity contribution in [3.63, 3.8) is 0 Å². The first-order valence-electron chi connectivity index (χ1n) is 9.69. The van der Waals surface area contributed by atoms with Gasteiger partial charge in [0.1, 0.15) is 0 Å². The lowest BCUT2D eigenvalue weighted by molar-refractivity contribution is 0.0843. The summed E-state index contributed by atoms with van der Waals surface area (Å²) in [5.74, 6) is -0.996. The molecule has 0 radical (unpaired) electrons. The van der Waals surface area contributed by atoms with Gasteiger partial charge < -0.3 is 0 Å². The van der Waals surface area contributed by atoms with Gasteiger partial charge in [0.25, 0.3) is 17.4 Å². The molecule has 0 bridgehead atoms. The second kappa shape index (κ2) is 9.14. The highest BCUT2D eigenvalue weighted by molar-refractivity contribution is 6.06. The lowest BCUT2D eigenvalue weighted by atomic mass is 10.1. The maximum atomic E-state index is 12.8. The van der Waals surface area contributed by atoms with Crippen molar-refractivity contribution < 1.29 is 9.59 Å². The van der Waals surface area contributed by atoms with E-state index in [1.54, 1.807) is 36.4 Å². The largest absolute Gasteiger partial charge is 0.290 e. The maximum Gasteiger partial charge on any atom is 0.290 e. The Hall–Kier alpha value is -3.48. The monoisotopic (exact) mass is 392 g/mol. The van der Waals surface area contributed by atoms with E-state index < -0.39 is 11.8 Å². The highest BCUT2D eigenvalue weighted by Crippen LogP contribution is 2.13. The zero-order chi connectivity index (χ0) is 20.8. The Labute approximate surface area is 168 Å². The fraction of sp³-hybridized carbons (Fsp3) is 0.273. The van der Waals surface area contributed by atoms with Gasteiger partial charge in [-0.25, -0.2) is 4.68 Å². The Bertz CT molecular complexity index is 1100. The first kappa shape index (κ1) is 20.3. The quantitative estimate of drug-likeness (QED) is 0.498. The summed E-state index contributed by atoms with van der Waals surface area (Å²) < 4.78 is 1.33. The minimum absolute atomic E-state index is 0.0989. The van der Waals surface area contributed by atoms with Gasteiger partial charge in [0.2, 0.25) is 0 Å². The zero-order valence-corrected chi connectivity index (χ0v) is 16.6. The highest BCUT2D eigenvalue weighted by Gasteiger charge is 2.17. The number of nitrogens with one attached hydrogen (secondary N) is 2. The molecule has 2 amide bonds. The Morgan fingerprint density at radius 1 is 0.931 bits per heavy atom. The van der Waals surface area contributed by atoms with Crippen molar-refractivity contribution in [3.8, 4) is 0 Å². The minimum atomic E-state index is -0.577. The van der Waals surface area contributed by atoms with Gasteiger partial charge >= 0.3 is 0 Å². The molecule has 0 aliphatic rings. The summed E-state index contributed by atoms with van der Waals surface area (Å²) in [4.78, 5) is 37.8. The van der Waals surface area contributed by atoms with Crippen LogP contribution in [0.4, 0.5) is 0 Å². The SMILES string of the molecule is CCCCCn1nc(C(=O)NNC(=O)c2ccccc2C)c2ccccc2c1=O. The molecule has 1 heterocycles. The van der Waals surface area contributed by atoms with Crippen LogP contribution >= 0.6 is 0 Å². The number of amides is 2. The second-order valence-corrected chi connectivity index (χ2v) is 6.85. The van der Waals surface area contributed by atoms with Gasteiger partial charge in [0.05, 0.1) is 5.39 Å². The molecule has 150 valence electrons. The Balaban J connectivity index is 1.86. The van der Waals surface area contributed by atoms with E-state index in [1.165, 1.54) is 4.68 Å². The van der Waals surface area contributed by atoms with E-state index in [-0.39, 0.29) is 11.3 Å². The predicted molar refractivity (Wildman–Crippen MR) is 112 cm³/mol. The molecule has 0 saturated heterocycles. The zero-order valence-electron chi connectivity index (χ0n) is 16.6. The third-order valence-electron chi connectivity index (χ3n) is 4.74. The number of hydrazine groups is 1. The number of nitrogens with zero attached hydrogens (tertiary/aromatic N) is 2. The molecule has 0 unspecified atom stereocenters. The third-order valence-corrected chi connectivity index (χ3v) is 4.74. The van der Waals surface area contributed by atoms with E-state index in [4.69, 9.17) is 0 Å². The topological polar surface area (TPSA) is 93.1 Å². The van der Waals surface area contributed by atoms with Crippen LogP contribution in [0.5, 0.6) is 0 Å². The molecule has 2 N–H and O–H groups in total. The molecule has 7 heteroatoms. The number of aryl methyl sites for hydroxylation is 2. The van der Waals surface area contributed by atoms with Gasteiger partial charge in [0.15, 0.2) is 5.69 Å². The van der Waals surface area contributed by atoms with Crippen LogP contribution in [-0.4, -0.2) is 21.6 Å². The third kappa shape index (κ3) is 4.51. The van der Waals surface area contributed by atoms with E-state index in [2.05, 4.69) is 22.9 Å². The molecule has 3 aromatic rings. The normalized spacial score (nSPS) is 10.7. The summed E-state index contributed by atoms with van der Waals surface area (Å²) in [7, 11) is 0. The Kier molecular flexibility index (Phi) is 6.39. The Morgan fingerprint density at radius 3 is 2.31 bits per heavy atom. The average molecular weight is 392 g/mol. The fourth-order valence-corrected chi connectivity index (χ4v) is 3.13. The predicted octanol–water partition coefficient (Wildman–Crippen LogP) is 2.97. The number of benzene rings is 2. The lowest BCUT2D eigenvalue weighted by Crippen LogP contribution is -2.43. The minimum Gasteiger partial charge on any atom is -0.267 e. The molecular weight excluding hydrogens is 368 g/mol. The standard InChI is InChI=1S/C22H24N4O3/c1-3-4-9-14-26-22(29)18-13-8-7-12-17(18)19(25-26)21(28)24-23-20(27)16-11-6-5-10-15(16)2/h5-8,10-13H,3-4,9,14H2,1-2H3,(H,23,27)(H,24,28). The fourth-order valence-electron chi connectivity index (χ4n) is 3.13. The second-order valence-electron chi connectivity index (χ2n) is 6.85. The van der Waals surface area contributed by atoms with Crippen LogP contribution in [0.25, 0.3) is 10.8 Å². The highest BCUT2D eigenvalue weighted by atomic mass is 16.2. The van der Waals surface area contributed by atoms with E-state index in [1.807, 2.05) is 19.1 Å². The summed E-state index contributed by atoms with van der Waals surface area (Å²) in [5.41, 5.74) is 5.98. The number of carbonyl (C=O) groups is 2. The molecule has 3 rings (SSSR count). The number of unbranched alkanes of at least 4 members (excludes halogenated alkanes) is 2. The molecular formula is C22H24N4O3.